The number of hydrazone groups is 1. The number of halogens is 1. The highest BCUT2D eigenvalue weighted by Gasteiger charge is 2.09. The highest BCUT2D eigenvalue weighted by molar-refractivity contribution is 6.30. The van der Waals surface area contributed by atoms with Crippen molar-refractivity contribution in [3.8, 4) is 11.3 Å². The predicted molar refractivity (Wildman–Crippen MR) is 122 cm³/mol. The molecule has 0 unspecified atom stereocenters. The molecular formula is C23H20ClN5. The first-order chi connectivity index (χ1) is 14.1. The third-order valence-corrected chi connectivity index (χ3v) is 4.76. The summed E-state index contributed by atoms with van der Waals surface area (Å²) in [6, 6.07) is 23.7. The minimum atomic E-state index is 0.440. The lowest BCUT2D eigenvalue weighted by Gasteiger charge is -2.11. The van der Waals surface area contributed by atoms with E-state index in [4.69, 9.17) is 11.6 Å². The maximum absolute atomic E-state index is 6.04. The number of para-hydroxylation sites is 1. The van der Waals surface area contributed by atoms with E-state index >= 15 is 0 Å². The van der Waals surface area contributed by atoms with Crippen molar-refractivity contribution >= 4 is 40.4 Å². The molecular weight excluding hydrogens is 382 g/mol. The summed E-state index contributed by atoms with van der Waals surface area (Å²) < 4.78 is 0. The molecule has 0 bridgehead atoms. The van der Waals surface area contributed by atoms with Gasteiger partial charge in [0.2, 0.25) is 5.95 Å². The van der Waals surface area contributed by atoms with Crippen LogP contribution in [0.3, 0.4) is 0 Å². The minimum absolute atomic E-state index is 0.440. The van der Waals surface area contributed by atoms with Crippen molar-refractivity contribution in [1.29, 1.82) is 0 Å². The number of aromatic nitrogens is 2. The Morgan fingerprint density at radius 3 is 2.34 bits per heavy atom. The quantitative estimate of drug-likeness (QED) is 0.356. The van der Waals surface area contributed by atoms with Crippen LogP contribution in [-0.2, 0) is 0 Å². The van der Waals surface area contributed by atoms with E-state index in [1.54, 1.807) is 6.21 Å². The SMILES string of the molecule is CN(C)c1ccc(/C=N\Nc2nc(-c3ccc(Cl)cc3)c3ccccc3n2)cc1. The Morgan fingerprint density at radius 2 is 1.62 bits per heavy atom. The summed E-state index contributed by atoms with van der Waals surface area (Å²) in [7, 11) is 4.03. The number of fused-ring (bicyclic) bond motifs is 1. The minimum Gasteiger partial charge on any atom is -0.378 e. The molecule has 4 rings (SSSR count). The van der Waals surface area contributed by atoms with Crippen LogP contribution in [-0.4, -0.2) is 30.3 Å². The van der Waals surface area contributed by atoms with Crippen LogP contribution in [0.1, 0.15) is 5.56 Å². The second-order valence-electron chi connectivity index (χ2n) is 6.78. The monoisotopic (exact) mass is 401 g/mol. The van der Waals surface area contributed by atoms with Crippen LogP contribution in [0.25, 0.3) is 22.2 Å². The molecule has 3 aromatic carbocycles. The van der Waals surface area contributed by atoms with Gasteiger partial charge >= 0.3 is 0 Å². The summed E-state index contributed by atoms with van der Waals surface area (Å²) >= 11 is 6.04. The van der Waals surface area contributed by atoms with Gasteiger partial charge in [-0.05, 0) is 35.9 Å². The largest absolute Gasteiger partial charge is 0.378 e. The number of anilines is 2. The van der Waals surface area contributed by atoms with E-state index in [2.05, 4.69) is 25.4 Å². The topological polar surface area (TPSA) is 53.4 Å². The Balaban J connectivity index is 1.63. The van der Waals surface area contributed by atoms with Crippen molar-refractivity contribution in [2.75, 3.05) is 24.4 Å². The van der Waals surface area contributed by atoms with Gasteiger partial charge in [-0.2, -0.15) is 5.10 Å². The first-order valence-corrected chi connectivity index (χ1v) is 9.57. The van der Waals surface area contributed by atoms with Crippen molar-refractivity contribution in [1.82, 2.24) is 9.97 Å². The number of hydrogen-bond donors (Lipinski definition) is 1. The van der Waals surface area contributed by atoms with Crippen LogP contribution in [0.4, 0.5) is 11.6 Å². The fraction of sp³-hybridized carbons (Fsp3) is 0.0870. The summed E-state index contributed by atoms with van der Waals surface area (Å²) in [6.07, 6.45) is 1.75. The average molecular weight is 402 g/mol. The van der Waals surface area contributed by atoms with E-state index in [1.807, 2.05) is 86.9 Å². The fourth-order valence-corrected chi connectivity index (χ4v) is 3.10. The second-order valence-corrected chi connectivity index (χ2v) is 7.21. The molecule has 1 N–H and O–H groups in total. The zero-order valence-electron chi connectivity index (χ0n) is 16.2. The number of nitrogens with zero attached hydrogens (tertiary/aromatic N) is 4. The van der Waals surface area contributed by atoms with Crippen LogP contribution in [0.15, 0.2) is 77.9 Å². The predicted octanol–water partition coefficient (Wildman–Crippen LogP) is 5.46. The summed E-state index contributed by atoms with van der Waals surface area (Å²) in [6.45, 7) is 0. The molecule has 0 fully saturated rings. The first kappa shape index (κ1) is 18.9. The van der Waals surface area contributed by atoms with Gasteiger partial charge in [0.15, 0.2) is 0 Å². The number of hydrogen-bond acceptors (Lipinski definition) is 5. The Bertz CT molecular complexity index is 1150. The van der Waals surface area contributed by atoms with E-state index in [0.29, 0.717) is 11.0 Å². The molecule has 0 aliphatic heterocycles. The zero-order valence-corrected chi connectivity index (χ0v) is 16.9. The Kier molecular flexibility index (Phi) is 5.40. The van der Waals surface area contributed by atoms with Crippen LogP contribution < -0.4 is 10.3 Å². The van der Waals surface area contributed by atoms with Gasteiger partial charge in [0.25, 0.3) is 0 Å². The Labute approximate surface area is 174 Å². The number of rotatable bonds is 5. The van der Waals surface area contributed by atoms with E-state index < -0.39 is 0 Å². The fourth-order valence-electron chi connectivity index (χ4n) is 2.98. The molecule has 0 atom stereocenters. The summed E-state index contributed by atoms with van der Waals surface area (Å²) in [4.78, 5) is 11.3. The van der Waals surface area contributed by atoms with Gasteiger partial charge in [0.05, 0.1) is 17.4 Å². The van der Waals surface area contributed by atoms with Crippen molar-refractivity contribution in [3.63, 3.8) is 0 Å². The number of nitrogens with one attached hydrogen (secondary N) is 1. The van der Waals surface area contributed by atoms with E-state index in [-0.39, 0.29) is 0 Å². The maximum Gasteiger partial charge on any atom is 0.244 e. The van der Waals surface area contributed by atoms with Gasteiger partial charge in [0, 0.05) is 35.8 Å². The van der Waals surface area contributed by atoms with Crippen molar-refractivity contribution in [2.24, 2.45) is 5.10 Å². The molecule has 5 nitrogen and oxygen atoms in total. The summed E-state index contributed by atoms with van der Waals surface area (Å²) in [5.41, 5.74) is 7.74. The Morgan fingerprint density at radius 1 is 0.897 bits per heavy atom. The van der Waals surface area contributed by atoms with Crippen LogP contribution >= 0.6 is 11.6 Å². The Hall–Kier alpha value is -3.44. The van der Waals surface area contributed by atoms with Gasteiger partial charge in [-0.15, -0.1) is 0 Å². The maximum atomic E-state index is 6.04. The summed E-state index contributed by atoms with van der Waals surface area (Å²) in [5.74, 6) is 0.440. The molecule has 144 valence electrons. The molecule has 6 heteroatoms. The van der Waals surface area contributed by atoms with Gasteiger partial charge in [0.1, 0.15) is 0 Å². The third-order valence-electron chi connectivity index (χ3n) is 4.51. The molecule has 29 heavy (non-hydrogen) atoms. The standard InChI is InChI=1S/C23H20ClN5/c1-29(2)19-13-7-16(8-14-19)15-25-28-23-26-21-6-4-3-5-20(21)22(27-23)17-9-11-18(24)12-10-17/h3-15H,1-2H3,(H,26,27,28)/b25-15-. The zero-order chi connectivity index (χ0) is 20.2. The number of benzene rings is 3. The van der Waals surface area contributed by atoms with E-state index in [0.717, 1.165) is 33.4 Å². The van der Waals surface area contributed by atoms with Gasteiger partial charge in [-0.25, -0.2) is 15.4 Å². The molecule has 0 aliphatic carbocycles. The first-order valence-electron chi connectivity index (χ1n) is 9.19. The molecule has 0 radical (unpaired) electrons. The van der Waals surface area contributed by atoms with Gasteiger partial charge < -0.3 is 4.90 Å². The van der Waals surface area contributed by atoms with Crippen LogP contribution in [0.5, 0.6) is 0 Å². The van der Waals surface area contributed by atoms with Crippen molar-refractivity contribution < 1.29 is 0 Å². The van der Waals surface area contributed by atoms with E-state index in [1.165, 1.54) is 0 Å². The highest BCUT2D eigenvalue weighted by atomic mass is 35.5. The van der Waals surface area contributed by atoms with Crippen LogP contribution in [0, 0.1) is 0 Å². The second kappa shape index (κ2) is 8.29. The van der Waals surface area contributed by atoms with Crippen LogP contribution in [0.2, 0.25) is 5.02 Å². The smallest absolute Gasteiger partial charge is 0.244 e. The average Bonchev–Trinajstić information content (AvgIpc) is 2.74. The lowest BCUT2D eigenvalue weighted by molar-refractivity contribution is 1.13. The molecule has 4 aromatic rings. The molecule has 0 aliphatic rings. The van der Waals surface area contributed by atoms with Crippen molar-refractivity contribution in [3.05, 3.63) is 83.4 Å². The molecule has 0 spiro atoms. The van der Waals surface area contributed by atoms with Gasteiger partial charge in [-0.1, -0.05) is 54.1 Å². The van der Waals surface area contributed by atoms with Gasteiger partial charge in [-0.3, -0.25) is 0 Å². The van der Waals surface area contributed by atoms with Crippen molar-refractivity contribution in [2.45, 2.75) is 0 Å². The summed E-state index contributed by atoms with van der Waals surface area (Å²) in [5, 5.41) is 5.97. The molecule has 0 saturated heterocycles. The molecule has 0 amide bonds. The lowest BCUT2D eigenvalue weighted by Crippen LogP contribution is -2.08. The normalized spacial score (nSPS) is 11.1. The molecule has 1 aromatic heterocycles. The highest BCUT2D eigenvalue weighted by Crippen LogP contribution is 2.28. The molecule has 1 heterocycles. The van der Waals surface area contributed by atoms with E-state index in [9.17, 15) is 0 Å². The lowest BCUT2D eigenvalue weighted by atomic mass is 10.1. The third kappa shape index (κ3) is 4.36. The molecule has 0 saturated carbocycles.